The van der Waals surface area contributed by atoms with E-state index in [1.807, 2.05) is 17.8 Å². The number of nitrogens with one attached hydrogen (secondary N) is 1. The summed E-state index contributed by atoms with van der Waals surface area (Å²) in [5.74, 6) is 0.791. The average Bonchev–Trinajstić information content (AvgIpc) is 2.23. The molecule has 14 heavy (non-hydrogen) atoms. The van der Waals surface area contributed by atoms with E-state index in [2.05, 4.69) is 5.32 Å². The molecule has 0 aliphatic carbocycles. The van der Waals surface area contributed by atoms with Crippen molar-refractivity contribution in [1.29, 1.82) is 0 Å². The third kappa shape index (κ3) is 2.22. The Bertz CT molecular complexity index is 326. The lowest BCUT2D eigenvalue weighted by Gasteiger charge is -2.23. The zero-order valence-electron chi connectivity index (χ0n) is 7.59. The normalized spacial score (nSPS) is 22.3. The summed E-state index contributed by atoms with van der Waals surface area (Å²) < 4.78 is 13.2. The van der Waals surface area contributed by atoms with Crippen molar-refractivity contribution >= 4 is 23.4 Å². The molecule has 1 atom stereocenters. The van der Waals surface area contributed by atoms with Gasteiger partial charge in [0.05, 0.1) is 10.4 Å². The lowest BCUT2D eigenvalue weighted by Crippen LogP contribution is -2.25. The smallest absolute Gasteiger partial charge is 0.142 e. The van der Waals surface area contributed by atoms with Gasteiger partial charge >= 0.3 is 0 Å². The molecule has 0 bridgehead atoms. The van der Waals surface area contributed by atoms with Gasteiger partial charge in [-0.25, -0.2) is 4.39 Å². The number of thioether (sulfide) groups is 1. The molecule has 0 saturated carbocycles. The van der Waals surface area contributed by atoms with Crippen LogP contribution < -0.4 is 5.32 Å². The first-order valence-electron chi connectivity index (χ1n) is 4.57. The standard InChI is InChI=1S/C10H11ClFNS/c11-8-3-2-7(6-9(8)12)10-13-4-1-5-14-10/h2-3,6,10,13H,1,4-5H2. The van der Waals surface area contributed by atoms with Crippen molar-refractivity contribution in [3.05, 3.63) is 34.6 Å². The molecule has 1 aliphatic rings. The molecule has 1 heterocycles. The van der Waals surface area contributed by atoms with Crippen LogP contribution >= 0.6 is 23.4 Å². The molecule has 1 nitrogen and oxygen atoms in total. The second-order valence-corrected chi connectivity index (χ2v) is 4.85. The molecule has 1 aliphatic heterocycles. The van der Waals surface area contributed by atoms with Crippen molar-refractivity contribution in [3.8, 4) is 0 Å². The van der Waals surface area contributed by atoms with Gasteiger partial charge in [-0.2, -0.15) is 0 Å². The Morgan fingerprint density at radius 3 is 3.00 bits per heavy atom. The summed E-state index contributed by atoms with van der Waals surface area (Å²) >= 11 is 7.43. The molecule has 0 spiro atoms. The maximum absolute atomic E-state index is 13.2. The molecule has 2 rings (SSSR count). The van der Waals surface area contributed by atoms with E-state index in [1.54, 1.807) is 6.07 Å². The summed E-state index contributed by atoms with van der Waals surface area (Å²) in [5, 5.41) is 3.74. The van der Waals surface area contributed by atoms with Crippen LogP contribution in [0.4, 0.5) is 4.39 Å². The summed E-state index contributed by atoms with van der Waals surface area (Å²) in [4.78, 5) is 0. The number of benzene rings is 1. The van der Waals surface area contributed by atoms with Gasteiger partial charge in [-0.15, -0.1) is 11.8 Å². The molecule has 76 valence electrons. The van der Waals surface area contributed by atoms with Gasteiger partial charge in [0.15, 0.2) is 0 Å². The molecule has 1 unspecified atom stereocenters. The molecule has 0 radical (unpaired) electrons. The maximum Gasteiger partial charge on any atom is 0.142 e. The molecule has 1 saturated heterocycles. The van der Waals surface area contributed by atoms with Crippen molar-refractivity contribution in [2.24, 2.45) is 0 Å². The summed E-state index contributed by atoms with van der Waals surface area (Å²) in [6.07, 6.45) is 1.18. The average molecular weight is 232 g/mol. The Morgan fingerprint density at radius 2 is 2.36 bits per heavy atom. The monoisotopic (exact) mass is 231 g/mol. The Kier molecular flexibility index (Phi) is 3.31. The largest absolute Gasteiger partial charge is 0.302 e. The molecule has 0 amide bonds. The number of rotatable bonds is 1. The second-order valence-electron chi connectivity index (χ2n) is 3.23. The minimum absolute atomic E-state index is 0.189. The minimum Gasteiger partial charge on any atom is -0.302 e. The molecule has 1 fully saturated rings. The lowest BCUT2D eigenvalue weighted by molar-refractivity contribution is 0.612. The van der Waals surface area contributed by atoms with Crippen LogP contribution in [0.5, 0.6) is 0 Å². The molecular weight excluding hydrogens is 221 g/mol. The summed E-state index contributed by atoms with van der Waals surface area (Å²) in [6.45, 7) is 1.00. The number of hydrogen-bond donors (Lipinski definition) is 1. The van der Waals surface area contributed by atoms with Crippen molar-refractivity contribution in [2.45, 2.75) is 11.8 Å². The molecular formula is C10H11ClFNS. The first-order valence-corrected chi connectivity index (χ1v) is 6.00. The Balaban J connectivity index is 2.18. The van der Waals surface area contributed by atoms with Crippen LogP contribution in [-0.4, -0.2) is 12.3 Å². The van der Waals surface area contributed by atoms with E-state index in [0.29, 0.717) is 0 Å². The lowest BCUT2D eigenvalue weighted by atomic mass is 10.2. The predicted octanol–water partition coefficient (Wildman–Crippen LogP) is 3.20. The SMILES string of the molecule is Fc1cc(C2NCCCS2)ccc1Cl. The zero-order chi connectivity index (χ0) is 9.97. The van der Waals surface area contributed by atoms with Crippen LogP contribution in [0.25, 0.3) is 0 Å². The van der Waals surface area contributed by atoms with E-state index in [0.717, 1.165) is 17.9 Å². The summed E-state index contributed by atoms with van der Waals surface area (Å²) in [5.41, 5.74) is 0.969. The van der Waals surface area contributed by atoms with Crippen molar-refractivity contribution in [2.75, 3.05) is 12.3 Å². The van der Waals surface area contributed by atoms with Gasteiger partial charge < -0.3 is 5.32 Å². The van der Waals surface area contributed by atoms with Gasteiger partial charge in [0, 0.05) is 0 Å². The van der Waals surface area contributed by atoms with E-state index in [1.165, 1.54) is 12.5 Å². The quantitative estimate of drug-likeness (QED) is 0.797. The van der Waals surface area contributed by atoms with E-state index in [9.17, 15) is 4.39 Å². The summed E-state index contributed by atoms with van der Waals surface area (Å²) in [7, 11) is 0. The molecule has 0 aromatic heterocycles. The van der Waals surface area contributed by atoms with Crippen LogP contribution in [0, 0.1) is 5.82 Å². The predicted molar refractivity (Wildman–Crippen MR) is 59.2 cm³/mol. The van der Waals surface area contributed by atoms with E-state index in [-0.39, 0.29) is 16.2 Å². The molecule has 4 heteroatoms. The third-order valence-corrected chi connectivity index (χ3v) is 3.78. The first kappa shape index (κ1) is 10.3. The highest BCUT2D eigenvalue weighted by molar-refractivity contribution is 7.99. The molecule has 1 aromatic carbocycles. The number of hydrogen-bond acceptors (Lipinski definition) is 2. The zero-order valence-corrected chi connectivity index (χ0v) is 9.17. The van der Waals surface area contributed by atoms with Gasteiger partial charge in [-0.05, 0) is 36.4 Å². The highest BCUT2D eigenvalue weighted by Gasteiger charge is 2.15. The topological polar surface area (TPSA) is 12.0 Å². The van der Waals surface area contributed by atoms with Crippen molar-refractivity contribution < 1.29 is 4.39 Å². The number of halogens is 2. The van der Waals surface area contributed by atoms with Crippen molar-refractivity contribution in [1.82, 2.24) is 5.32 Å². The minimum atomic E-state index is -0.336. The molecule has 1 N–H and O–H groups in total. The molecule has 1 aromatic rings. The Hall–Kier alpha value is -0.250. The fourth-order valence-corrected chi connectivity index (χ4v) is 2.69. The van der Waals surface area contributed by atoms with Gasteiger partial charge in [0.1, 0.15) is 5.82 Å². The van der Waals surface area contributed by atoms with Crippen molar-refractivity contribution in [3.63, 3.8) is 0 Å². The first-order chi connectivity index (χ1) is 6.77. The van der Waals surface area contributed by atoms with Gasteiger partial charge in [0.2, 0.25) is 0 Å². The van der Waals surface area contributed by atoms with E-state index in [4.69, 9.17) is 11.6 Å². The second kappa shape index (κ2) is 4.51. The van der Waals surface area contributed by atoms with Crippen LogP contribution in [0.2, 0.25) is 5.02 Å². The fraction of sp³-hybridized carbons (Fsp3) is 0.400. The maximum atomic E-state index is 13.2. The van der Waals surface area contributed by atoms with Crippen LogP contribution in [-0.2, 0) is 0 Å². The highest BCUT2D eigenvalue weighted by Crippen LogP contribution is 2.30. The van der Waals surface area contributed by atoms with E-state index >= 15 is 0 Å². The van der Waals surface area contributed by atoms with Gasteiger partial charge in [-0.3, -0.25) is 0 Å². The van der Waals surface area contributed by atoms with Crippen LogP contribution in [0.15, 0.2) is 18.2 Å². The highest BCUT2D eigenvalue weighted by atomic mass is 35.5. The Morgan fingerprint density at radius 1 is 1.50 bits per heavy atom. The van der Waals surface area contributed by atoms with Crippen LogP contribution in [0.1, 0.15) is 17.4 Å². The Labute approximate surface area is 92.0 Å². The van der Waals surface area contributed by atoms with Gasteiger partial charge in [0.25, 0.3) is 0 Å². The fourth-order valence-electron chi connectivity index (χ4n) is 1.45. The van der Waals surface area contributed by atoms with Gasteiger partial charge in [-0.1, -0.05) is 17.7 Å². The third-order valence-electron chi connectivity index (χ3n) is 2.18. The van der Waals surface area contributed by atoms with E-state index < -0.39 is 0 Å². The van der Waals surface area contributed by atoms with Crippen LogP contribution in [0.3, 0.4) is 0 Å². The summed E-state index contributed by atoms with van der Waals surface area (Å²) in [6, 6.07) is 5.00.